The van der Waals surface area contributed by atoms with Gasteiger partial charge in [0.05, 0.1) is 0 Å². The molecular formula is C53H34N2OS. The Bertz CT molecular complexity index is 3220. The van der Waals surface area contributed by atoms with Crippen molar-refractivity contribution in [2.45, 2.75) is 0 Å². The van der Waals surface area contributed by atoms with Crippen molar-refractivity contribution in [2.24, 2.45) is 0 Å². The molecule has 4 heteroatoms. The van der Waals surface area contributed by atoms with Crippen LogP contribution in [0.2, 0.25) is 0 Å². The standard InChI is InChI=1S/C53H34N2OS/c1-3-11-35(12-4-1)41-17-9-18-45(32-41)55(43-27-23-37(24-28-43)42-22-21-36-13-7-8-16-40(36)31-42)44-29-25-38(26-30-44)46-19-10-20-50-52(46)47-33-48-49(34-51(47)57-50)56-53(54-48)39-14-5-2-6-15-39/h1-34H. The monoisotopic (exact) mass is 746 g/mol. The van der Waals surface area contributed by atoms with Crippen LogP contribution in [0.1, 0.15) is 0 Å². The number of anilines is 3. The van der Waals surface area contributed by atoms with Gasteiger partial charge in [-0.1, -0.05) is 133 Å². The van der Waals surface area contributed by atoms with E-state index in [9.17, 15) is 0 Å². The topological polar surface area (TPSA) is 29.3 Å². The summed E-state index contributed by atoms with van der Waals surface area (Å²) < 4.78 is 8.68. The van der Waals surface area contributed by atoms with E-state index in [0.717, 1.165) is 33.7 Å². The van der Waals surface area contributed by atoms with E-state index in [4.69, 9.17) is 9.40 Å². The van der Waals surface area contributed by atoms with Crippen LogP contribution in [0.25, 0.3) is 86.9 Å². The Morgan fingerprint density at radius 2 is 1.02 bits per heavy atom. The summed E-state index contributed by atoms with van der Waals surface area (Å²) in [5.74, 6) is 0.644. The first-order valence-electron chi connectivity index (χ1n) is 19.2. The number of fused-ring (bicyclic) bond motifs is 5. The zero-order valence-corrected chi connectivity index (χ0v) is 31.7. The lowest BCUT2D eigenvalue weighted by Crippen LogP contribution is -2.10. The summed E-state index contributed by atoms with van der Waals surface area (Å²) in [5.41, 5.74) is 13.1. The van der Waals surface area contributed by atoms with Crippen LogP contribution in [0.15, 0.2) is 211 Å². The molecule has 0 bridgehead atoms. The zero-order valence-electron chi connectivity index (χ0n) is 30.8. The molecule has 0 N–H and O–H groups in total. The molecule has 0 amide bonds. The molecule has 0 saturated heterocycles. The summed E-state index contributed by atoms with van der Waals surface area (Å²) in [6.45, 7) is 0. The van der Waals surface area contributed by atoms with Crippen molar-refractivity contribution in [1.29, 1.82) is 0 Å². The molecule has 0 radical (unpaired) electrons. The van der Waals surface area contributed by atoms with Gasteiger partial charge in [0, 0.05) is 48.9 Å². The first-order chi connectivity index (χ1) is 28.2. The van der Waals surface area contributed by atoms with E-state index in [1.165, 1.54) is 64.3 Å². The van der Waals surface area contributed by atoms with Crippen LogP contribution in [-0.2, 0) is 0 Å². The van der Waals surface area contributed by atoms with Gasteiger partial charge in [0.1, 0.15) is 5.52 Å². The van der Waals surface area contributed by atoms with E-state index < -0.39 is 0 Å². The number of nitrogens with zero attached hydrogens (tertiary/aromatic N) is 2. The smallest absolute Gasteiger partial charge is 0.227 e. The quantitative estimate of drug-likeness (QED) is 0.163. The van der Waals surface area contributed by atoms with Crippen molar-refractivity contribution < 1.29 is 4.42 Å². The lowest BCUT2D eigenvalue weighted by molar-refractivity contribution is 0.620. The first-order valence-corrected chi connectivity index (χ1v) is 20.0. The molecule has 11 rings (SSSR count). The second kappa shape index (κ2) is 13.8. The van der Waals surface area contributed by atoms with Crippen LogP contribution in [0.3, 0.4) is 0 Å². The molecule has 2 heterocycles. The fraction of sp³-hybridized carbons (Fsp3) is 0. The molecular weight excluding hydrogens is 713 g/mol. The van der Waals surface area contributed by atoms with Gasteiger partial charge in [-0.05, 0) is 111 Å². The molecule has 0 aliphatic carbocycles. The first kappa shape index (κ1) is 33.1. The van der Waals surface area contributed by atoms with E-state index in [2.05, 4.69) is 181 Å². The van der Waals surface area contributed by atoms with Crippen LogP contribution >= 0.6 is 11.3 Å². The van der Waals surface area contributed by atoms with Gasteiger partial charge in [0.2, 0.25) is 5.89 Å². The van der Waals surface area contributed by atoms with Crippen LogP contribution in [0.4, 0.5) is 17.1 Å². The minimum atomic E-state index is 0.644. The maximum Gasteiger partial charge on any atom is 0.227 e. The highest BCUT2D eigenvalue weighted by Gasteiger charge is 2.18. The molecule has 0 fully saturated rings. The Kier molecular flexibility index (Phi) is 8.01. The van der Waals surface area contributed by atoms with Crippen molar-refractivity contribution in [3.05, 3.63) is 206 Å². The van der Waals surface area contributed by atoms with Crippen molar-refractivity contribution in [3.63, 3.8) is 0 Å². The molecule has 0 aliphatic heterocycles. The third-order valence-electron chi connectivity index (χ3n) is 10.9. The fourth-order valence-electron chi connectivity index (χ4n) is 8.06. The third kappa shape index (κ3) is 6.04. The number of hydrogen-bond acceptors (Lipinski definition) is 4. The average Bonchev–Trinajstić information content (AvgIpc) is 3.87. The SMILES string of the molecule is c1ccc(-c2cccc(N(c3ccc(-c4ccc5ccccc5c4)cc3)c3ccc(-c4cccc5sc6cc7oc(-c8ccccc8)nc7cc6c45)cc3)c2)cc1. The highest BCUT2D eigenvalue weighted by molar-refractivity contribution is 7.26. The van der Waals surface area contributed by atoms with Gasteiger partial charge in [0.15, 0.2) is 5.58 Å². The zero-order chi connectivity index (χ0) is 37.7. The summed E-state index contributed by atoms with van der Waals surface area (Å²) in [6, 6.07) is 73.6. The second-order valence-electron chi connectivity index (χ2n) is 14.4. The van der Waals surface area contributed by atoms with E-state index in [0.29, 0.717) is 5.89 Å². The molecule has 0 spiro atoms. The maximum absolute atomic E-state index is 6.25. The molecule has 11 aromatic rings. The highest BCUT2D eigenvalue weighted by atomic mass is 32.1. The van der Waals surface area contributed by atoms with Gasteiger partial charge >= 0.3 is 0 Å². The Morgan fingerprint density at radius 1 is 0.404 bits per heavy atom. The number of aromatic nitrogens is 1. The predicted molar refractivity (Wildman–Crippen MR) is 241 cm³/mol. The molecule has 0 saturated carbocycles. The normalized spacial score (nSPS) is 11.5. The van der Waals surface area contributed by atoms with E-state index in [1.807, 2.05) is 30.3 Å². The summed E-state index contributed by atoms with van der Waals surface area (Å²) in [7, 11) is 0. The van der Waals surface area contributed by atoms with E-state index in [-0.39, 0.29) is 0 Å². The van der Waals surface area contributed by atoms with Gasteiger partial charge < -0.3 is 9.32 Å². The summed E-state index contributed by atoms with van der Waals surface area (Å²) in [6.07, 6.45) is 0. The van der Waals surface area contributed by atoms with Crippen LogP contribution in [0, 0.1) is 0 Å². The Balaban J connectivity index is 0.994. The Labute approximate surface area is 334 Å². The molecule has 0 atom stereocenters. The van der Waals surface area contributed by atoms with Crippen molar-refractivity contribution in [1.82, 2.24) is 4.98 Å². The number of benzene rings is 9. The molecule has 0 unspecified atom stereocenters. The van der Waals surface area contributed by atoms with Crippen LogP contribution < -0.4 is 4.90 Å². The number of rotatable bonds is 7. The summed E-state index contributed by atoms with van der Waals surface area (Å²) in [5, 5.41) is 4.93. The summed E-state index contributed by atoms with van der Waals surface area (Å²) in [4.78, 5) is 7.26. The van der Waals surface area contributed by atoms with Gasteiger partial charge in [-0.2, -0.15) is 0 Å². The Morgan fingerprint density at radius 3 is 1.79 bits per heavy atom. The Hall–Kier alpha value is -7.27. The fourth-order valence-corrected chi connectivity index (χ4v) is 9.20. The van der Waals surface area contributed by atoms with Gasteiger partial charge in [-0.25, -0.2) is 4.98 Å². The molecule has 57 heavy (non-hydrogen) atoms. The van der Waals surface area contributed by atoms with Gasteiger partial charge in [-0.15, -0.1) is 11.3 Å². The van der Waals surface area contributed by atoms with E-state index >= 15 is 0 Å². The highest BCUT2D eigenvalue weighted by Crippen LogP contribution is 2.44. The number of thiophene rings is 1. The number of oxazole rings is 1. The third-order valence-corrected chi connectivity index (χ3v) is 12.0. The van der Waals surface area contributed by atoms with E-state index in [1.54, 1.807) is 11.3 Å². The molecule has 0 aliphatic rings. The lowest BCUT2D eigenvalue weighted by Gasteiger charge is -2.26. The largest absolute Gasteiger partial charge is 0.436 e. The van der Waals surface area contributed by atoms with Crippen molar-refractivity contribution in [2.75, 3.05) is 4.90 Å². The average molecular weight is 747 g/mol. The molecule has 2 aromatic heterocycles. The minimum absolute atomic E-state index is 0.644. The van der Waals surface area contributed by atoms with Crippen LogP contribution in [-0.4, -0.2) is 4.98 Å². The second-order valence-corrected chi connectivity index (χ2v) is 15.5. The molecule has 3 nitrogen and oxygen atoms in total. The summed E-state index contributed by atoms with van der Waals surface area (Å²) >= 11 is 1.80. The van der Waals surface area contributed by atoms with Crippen molar-refractivity contribution >= 4 is 70.4 Å². The van der Waals surface area contributed by atoms with Gasteiger partial charge in [0.25, 0.3) is 0 Å². The van der Waals surface area contributed by atoms with Crippen LogP contribution in [0.5, 0.6) is 0 Å². The maximum atomic E-state index is 6.25. The number of hydrogen-bond donors (Lipinski definition) is 0. The lowest BCUT2D eigenvalue weighted by atomic mass is 9.98. The van der Waals surface area contributed by atoms with Gasteiger partial charge in [-0.3, -0.25) is 0 Å². The molecule has 268 valence electrons. The molecule has 9 aromatic carbocycles. The minimum Gasteiger partial charge on any atom is -0.436 e. The predicted octanol–water partition coefficient (Wildman–Crippen LogP) is 15.5. The van der Waals surface area contributed by atoms with Crippen molar-refractivity contribution in [3.8, 4) is 44.8 Å².